The van der Waals surface area contributed by atoms with Gasteiger partial charge in [0.25, 0.3) is 0 Å². The molecule has 3 rings (SSSR count). The van der Waals surface area contributed by atoms with Crippen LogP contribution in [0.1, 0.15) is 13.3 Å². The topological polar surface area (TPSA) is 46.5 Å². The van der Waals surface area contributed by atoms with E-state index < -0.39 is 0 Å². The molecule has 0 aromatic carbocycles. The average molecular weight is 220 g/mol. The molecule has 1 saturated carbocycles. The molecule has 0 aromatic heterocycles. The second-order valence-electron chi connectivity index (χ2n) is 5.16. The summed E-state index contributed by atoms with van der Waals surface area (Å²) >= 11 is 0. The first-order chi connectivity index (χ1) is 7.63. The largest absolute Gasteiger partial charge is 0.465 e. The molecule has 3 nitrogen and oxygen atoms in total. The van der Waals surface area contributed by atoms with E-state index in [0.717, 1.165) is 6.42 Å². The molecule has 86 valence electrons. The van der Waals surface area contributed by atoms with Gasteiger partial charge in [0.1, 0.15) is 6.61 Å². The third-order valence-corrected chi connectivity index (χ3v) is 4.39. The second kappa shape index (κ2) is 3.20. The Morgan fingerprint density at radius 1 is 1.50 bits per heavy atom. The van der Waals surface area contributed by atoms with Gasteiger partial charge in [0.15, 0.2) is 0 Å². The normalized spacial score (nSPS) is 47.4. The van der Waals surface area contributed by atoms with Gasteiger partial charge in [-0.2, -0.15) is 0 Å². The molecular weight excluding hydrogens is 204 g/mol. The van der Waals surface area contributed by atoms with Gasteiger partial charge in [-0.15, -0.1) is 0 Å². The molecule has 16 heavy (non-hydrogen) atoms. The van der Waals surface area contributed by atoms with Gasteiger partial charge in [0.2, 0.25) is 0 Å². The predicted molar refractivity (Wildman–Crippen MR) is 58.4 cm³/mol. The van der Waals surface area contributed by atoms with E-state index in [9.17, 15) is 9.90 Å². The number of aliphatic hydroxyl groups excluding tert-OH is 1. The summed E-state index contributed by atoms with van der Waals surface area (Å²) in [5, 5.41) is 9.99. The van der Waals surface area contributed by atoms with E-state index in [4.69, 9.17) is 4.74 Å². The Hall–Kier alpha value is -1.09. The SMILES string of the molecule is CC(=O)OC[C@@]12C=C[C@H](O)C1[C@@H]1C=C[C@H]2C1. The standard InChI is InChI=1S/C13H16O3/c1-8(14)16-7-13-5-4-11(15)12(13)9-2-3-10(13)6-9/h2-5,9-12,15H,6-7H2,1H3/t9-,10+,11+,12?,13-/m1/s1. The van der Waals surface area contributed by atoms with E-state index in [2.05, 4.69) is 18.2 Å². The summed E-state index contributed by atoms with van der Waals surface area (Å²) < 4.78 is 5.20. The van der Waals surface area contributed by atoms with Crippen LogP contribution in [-0.4, -0.2) is 23.8 Å². The molecule has 2 bridgehead atoms. The Labute approximate surface area is 94.8 Å². The van der Waals surface area contributed by atoms with Crippen molar-refractivity contribution in [3.63, 3.8) is 0 Å². The Kier molecular flexibility index (Phi) is 2.02. The maximum Gasteiger partial charge on any atom is 0.302 e. The van der Waals surface area contributed by atoms with Crippen molar-refractivity contribution in [2.24, 2.45) is 23.2 Å². The van der Waals surface area contributed by atoms with Crippen molar-refractivity contribution in [2.45, 2.75) is 19.4 Å². The molecule has 0 radical (unpaired) electrons. The van der Waals surface area contributed by atoms with E-state index in [1.807, 2.05) is 6.08 Å². The monoisotopic (exact) mass is 220 g/mol. The average Bonchev–Trinajstić information content (AvgIpc) is 2.88. The lowest BCUT2D eigenvalue weighted by Gasteiger charge is -2.36. The number of allylic oxidation sites excluding steroid dienone is 2. The first-order valence-corrected chi connectivity index (χ1v) is 5.82. The summed E-state index contributed by atoms with van der Waals surface area (Å²) in [6.07, 6.45) is 9.06. The highest BCUT2D eigenvalue weighted by molar-refractivity contribution is 5.66. The zero-order chi connectivity index (χ0) is 11.3. The number of carbonyl (C=O) groups is 1. The van der Waals surface area contributed by atoms with Crippen LogP contribution in [0.5, 0.6) is 0 Å². The van der Waals surface area contributed by atoms with Crippen LogP contribution in [0.3, 0.4) is 0 Å². The Morgan fingerprint density at radius 3 is 3.06 bits per heavy atom. The number of fused-ring (bicyclic) bond motifs is 5. The summed E-state index contributed by atoms with van der Waals surface area (Å²) in [4.78, 5) is 10.9. The number of carbonyl (C=O) groups excluding carboxylic acids is 1. The van der Waals surface area contributed by atoms with Crippen molar-refractivity contribution in [2.75, 3.05) is 6.61 Å². The third-order valence-electron chi connectivity index (χ3n) is 4.39. The molecule has 1 N–H and O–H groups in total. The third kappa shape index (κ3) is 1.15. The molecule has 0 spiro atoms. The van der Waals surface area contributed by atoms with Crippen molar-refractivity contribution in [3.05, 3.63) is 24.3 Å². The van der Waals surface area contributed by atoms with Gasteiger partial charge in [0.05, 0.1) is 6.10 Å². The smallest absolute Gasteiger partial charge is 0.302 e. The Balaban J connectivity index is 1.89. The first-order valence-electron chi connectivity index (χ1n) is 5.82. The van der Waals surface area contributed by atoms with Crippen LogP contribution in [0.15, 0.2) is 24.3 Å². The van der Waals surface area contributed by atoms with Crippen LogP contribution in [0, 0.1) is 23.2 Å². The van der Waals surface area contributed by atoms with E-state index >= 15 is 0 Å². The van der Waals surface area contributed by atoms with Crippen molar-refractivity contribution in [1.82, 2.24) is 0 Å². The molecule has 3 heteroatoms. The summed E-state index contributed by atoms with van der Waals surface area (Å²) in [6.45, 7) is 1.84. The van der Waals surface area contributed by atoms with Crippen LogP contribution in [0.4, 0.5) is 0 Å². The zero-order valence-electron chi connectivity index (χ0n) is 9.30. The fourth-order valence-electron chi connectivity index (χ4n) is 3.72. The summed E-state index contributed by atoms with van der Waals surface area (Å²) in [5.74, 6) is 0.845. The van der Waals surface area contributed by atoms with Crippen molar-refractivity contribution in [3.8, 4) is 0 Å². The Morgan fingerprint density at radius 2 is 2.31 bits per heavy atom. The molecule has 3 aliphatic carbocycles. The summed E-state index contributed by atoms with van der Waals surface area (Å²) in [6, 6.07) is 0. The highest BCUT2D eigenvalue weighted by Gasteiger charge is 2.59. The minimum absolute atomic E-state index is 0.134. The van der Waals surface area contributed by atoms with Gasteiger partial charge in [0, 0.05) is 18.3 Å². The van der Waals surface area contributed by atoms with E-state index in [0.29, 0.717) is 18.4 Å². The Bertz CT molecular complexity index is 385. The quantitative estimate of drug-likeness (QED) is 0.563. The van der Waals surface area contributed by atoms with Gasteiger partial charge < -0.3 is 9.84 Å². The van der Waals surface area contributed by atoms with Gasteiger partial charge in [-0.05, 0) is 18.3 Å². The van der Waals surface area contributed by atoms with Crippen LogP contribution in [0.2, 0.25) is 0 Å². The first kappa shape index (κ1) is 10.1. The van der Waals surface area contributed by atoms with E-state index in [1.54, 1.807) is 0 Å². The fourth-order valence-corrected chi connectivity index (χ4v) is 3.72. The molecule has 0 aromatic rings. The molecule has 0 saturated heterocycles. The molecule has 0 aliphatic heterocycles. The second-order valence-corrected chi connectivity index (χ2v) is 5.16. The van der Waals surface area contributed by atoms with Crippen LogP contribution < -0.4 is 0 Å². The van der Waals surface area contributed by atoms with Gasteiger partial charge in [-0.25, -0.2) is 0 Å². The number of hydrogen-bond acceptors (Lipinski definition) is 3. The maximum atomic E-state index is 10.9. The number of ether oxygens (including phenoxy) is 1. The van der Waals surface area contributed by atoms with Crippen molar-refractivity contribution < 1.29 is 14.6 Å². The predicted octanol–water partition coefficient (Wildman–Crippen LogP) is 1.29. The molecule has 0 amide bonds. The van der Waals surface area contributed by atoms with Crippen LogP contribution in [0.25, 0.3) is 0 Å². The number of esters is 1. The lowest BCUT2D eigenvalue weighted by molar-refractivity contribution is -0.145. The lowest BCUT2D eigenvalue weighted by atomic mass is 9.71. The number of aliphatic hydroxyl groups is 1. The van der Waals surface area contributed by atoms with Gasteiger partial charge >= 0.3 is 5.97 Å². The summed E-state index contributed by atoms with van der Waals surface area (Å²) in [5.41, 5.74) is -0.134. The minimum atomic E-state index is -0.379. The number of rotatable bonds is 2. The van der Waals surface area contributed by atoms with Crippen molar-refractivity contribution in [1.29, 1.82) is 0 Å². The minimum Gasteiger partial charge on any atom is -0.465 e. The van der Waals surface area contributed by atoms with Gasteiger partial charge in [-0.1, -0.05) is 24.3 Å². The molecular formula is C13H16O3. The highest BCUT2D eigenvalue weighted by Crippen LogP contribution is 2.60. The fraction of sp³-hybridized carbons (Fsp3) is 0.615. The van der Waals surface area contributed by atoms with Crippen LogP contribution >= 0.6 is 0 Å². The molecule has 3 aliphatic rings. The van der Waals surface area contributed by atoms with E-state index in [-0.39, 0.29) is 23.4 Å². The van der Waals surface area contributed by atoms with Gasteiger partial charge in [-0.3, -0.25) is 4.79 Å². The molecule has 1 unspecified atom stereocenters. The van der Waals surface area contributed by atoms with Crippen LogP contribution in [-0.2, 0) is 9.53 Å². The lowest BCUT2D eigenvalue weighted by Crippen LogP contribution is -2.39. The van der Waals surface area contributed by atoms with E-state index in [1.165, 1.54) is 6.92 Å². The molecule has 0 heterocycles. The molecule has 1 fully saturated rings. The number of hydrogen-bond donors (Lipinski definition) is 1. The summed E-state index contributed by atoms with van der Waals surface area (Å²) in [7, 11) is 0. The maximum absolute atomic E-state index is 10.9. The highest BCUT2D eigenvalue weighted by atomic mass is 16.5. The zero-order valence-corrected chi connectivity index (χ0v) is 9.30. The van der Waals surface area contributed by atoms with Crippen molar-refractivity contribution >= 4 is 5.97 Å². The molecule has 5 atom stereocenters.